The van der Waals surface area contributed by atoms with Crippen molar-refractivity contribution in [3.63, 3.8) is 0 Å². The summed E-state index contributed by atoms with van der Waals surface area (Å²) in [6.07, 6.45) is 0.652. The first-order valence-corrected chi connectivity index (χ1v) is 9.57. The number of aliphatic hydroxyl groups excluding tert-OH is 1. The molecule has 29 heavy (non-hydrogen) atoms. The Labute approximate surface area is 174 Å². The van der Waals surface area contributed by atoms with Crippen LogP contribution in [0, 0.1) is 0 Å². The van der Waals surface area contributed by atoms with Crippen LogP contribution in [0.3, 0.4) is 0 Å². The molecule has 2 aromatic carbocycles. The maximum atomic E-state index is 12.9. The first-order chi connectivity index (χ1) is 13.9. The van der Waals surface area contributed by atoms with E-state index in [0.29, 0.717) is 35.1 Å². The number of halogens is 1. The molecule has 1 atom stereocenters. The van der Waals surface area contributed by atoms with Gasteiger partial charge in [-0.15, -0.1) is 0 Å². The molecule has 0 aromatic heterocycles. The van der Waals surface area contributed by atoms with Crippen LogP contribution in [0.5, 0.6) is 11.5 Å². The molecule has 1 saturated heterocycles. The number of ether oxygens (including phenoxy) is 2. The van der Waals surface area contributed by atoms with Crippen molar-refractivity contribution in [3.8, 4) is 11.5 Å². The topological polar surface area (TPSA) is 76.1 Å². The van der Waals surface area contributed by atoms with Gasteiger partial charge in [0.25, 0.3) is 11.7 Å². The van der Waals surface area contributed by atoms with Gasteiger partial charge in [0.15, 0.2) is 0 Å². The van der Waals surface area contributed by atoms with Crippen molar-refractivity contribution in [1.29, 1.82) is 0 Å². The van der Waals surface area contributed by atoms with Gasteiger partial charge in [-0.2, -0.15) is 0 Å². The summed E-state index contributed by atoms with van der Waals surface area (Å²) in [4.78, 5) is 27.2. The Morgan fingerprint density at radius 3 is 2.45 bits per heavy atom. The smallest absolute Gasteiger partial charge is 0.295 e. The SMILES string of the molecule is CCCN1C(=O)C(=O)/C(=C(/O)c2cc(Cl)ccc2OC)C1c1ccccc1OC. The third-order valence-corrected chi connectivity index (χ3v) is 5.09. The van der Waals surface area contributed by atoms with Crippen LogP contribution in [0.1, 0.15) is 30.5 Å². The molecule has 0 saturated carbocycles. The van der Waals surface area contributed by atoms with Crippen molar-refractivity contribution in [2.75, 3.05) is 20.8 Å². The molecule has 0 bridgehead atoms. The monoisotopic (exact) mass is 415 g/mol. The quantitative estimate of drug-likeness (QED) is 0.435. The number of rotatable bonds is 6. The summed E-state index contributed by atoms with van der Waals surface area (Å²) in [5, 5.41) is 11.5. The Bertz CT molecular complexity index is 985. The van der Waals surface area contributed by atoms with Crippen molar-refractivity contribution in [2.24, 2.45) is 0 Å². The molecule has 0 spiro atoms. The van der Waals surface area contributed by atoms with E-state index >= 15 is 0 Å². The summed E-state index contributed by atoms with van der Waals surface area (Å²) < 4.78 is 10.8. The number of ketones is 1. The van der Waals surface area contributed by atoms with E-state index in [0.717, 1.165) is 0 Å². The van der Waals surface area contributed by atoms with Crippen molar-refractivity contribution < 1.29 is 24.2 Å². The number of carbonyl (C=O) groups excluding carboxylic acids is 2. The highest BCUT2D eigenvalue weighted by Crippen LogP contribution is 2.43. The minimum Gasteiger partial charge on any atom is -0.507 e. The van der Waals surface area contributed by atoms with Crippen LogP contribution in [-0.2, 0) is 9.59 Å². The number of Topliss-reactive ketones (excluding diaryl/α,β-unsaturated/α-hetero) is 1. The molecule has 1 N–H and O–H groups in total. The van der Waals surface area contributed by atoms with E-state index < -0.39 is 17.7 Å². The van der Waals surface area contributed by atoms with Crippen molar-refractivity contribution in [2.45, 2.75) is 19.4 Å². The normalized spacial score (nSPS) is 18.2. The highest BCUT2D eigenvalue weighted by Gasteiger charge is 2.46. The fraction of sp³-hybridized carbons (Fsp3) is 0.273. The fourth-order valence-electron chi connectivity index (χ4n) is 3.58. The Hall–Kier alpha value is -2.99. The van der Waals surface area contributed by atoms with Gasteiger partial charge in [-0.05, 0) is 30.7 Å². The first-order valence-electron chi connectivity index (χ1n) is 9.19. The Morgan fingerprint density at radius 2 is 1.79 bits per heavy atom. The van der Waals surface area contributed by atoms with E-state index in [1.54, 1.807) is 36.4 Å². The van der Waals surface area contributed by atoms with Gasteiger partial charge in [-0.3, -0.25) is 9.59 Å². The van der Waals surface area contributed by atoms with Gasteiger partial charge in [0.05, 0.1) is 31.4 Å². The molecule has 6 nitrogen and oxygen atoms in total. The second-order valence-corrected chi connectivity index (χ2v) is 7.02. The lowest BCUT2D eigenvalue weighted by molar-refractivity contribution is -0.139. The zero-order valence-electron chi connectivity index (χ0n) is 16.4. The van der Waals surface area contributed by atoms with Gasteiger partial charge in [0.1, 0.15) is 17.3 Å². The predicted octanol–water partition coefficient (Wildman–Crippen LogP) is 4.19. The van der Waals surface area contributed by atoms with E-state index in [-0.39, 0.29) is 16.9 Å². The fourth-order valence-corrected chi connectivity index (χ4v) is 3.75. The van der Waals surface area contributed by atoms with E-state index in [4.69, 9.17) is 21.1 Å². The second kappa shape index (κ2) is 8.57. The largest absolute Gasteiger partial charge is 0.507 e. The molecule has 152 valence electrons. The van der Waals surface area contributed by atoms with Crippen LogP contribution in [0.4, 0.5) is 0 Å². The molecule has 1 unspecified atom stereocenters. The van der Waals surface area contributed by atoms with Crippen LogP contribution in [-0.4, -0.2) is 42.5 Å². The summed E-state index contributed by atoms with van der Waals surface area (Å²) in [6.45, 7) is 2.27. The second-order valence-electron chi connectivity index (χ2n) is 6.58. The molecule has 3 rings (SSSR count). The molecule has 7 heteroatoms. The van der Waals surface area contributed by atoms with Crippen LogP contribution in [0.15, 0.2) is 48.0 Å². The van der Waals surface area contributed by atoms with Crippen molar-refractivity contribution >= 4 is 29.1 Å². The number of hydrogen-bond acceptors (Lipinski definition) is 5. The number of amides is 1. The van der Waals surface area contributed by atoms with E-state index in [9.17, 15) is 14.7 Å². The van der Waals surface area contributed by atoms with Gasteiger partial charge in [0.2, 0.25) is 0 Å². The molecule has 2 aromatic rings. The van der Waals surface area contributed by atoms with Gasteiger partial charge in [0, 0.05) is 17.1 Å². The zero-order valence-corrected chi connectivity index (χ0v) is 17.2. The summed E-state index contributed by atoms with van der Waals surface area (Å²) in [5.74, 6) is -0.895. The molecule has 1 amide bonds. The van der Waals surface area contributed by atoms with Crippen LogP contribution in [0.25, 0.3) is 5.76 Å². The third-order valence-electron chi connectivity index (χ3n) is 4.85. The number of aliphatic hydroxyl groups is 1. The number of para-hydroxylation sites is 1. The van der Waals surface area contributed by atoms with Gasteiger partial charge in [-0.25, -0.2) is 0 Å². The minimum absolute atomic E-state index is 0.0199. The minimum atomic E-state index is -0.783. The maximum Gasteiger partial charge on any atom is 0.295 e. The molecule has 0 radical (unpaired) electrons. The number of likely N-dealkylation sites (tertiary alicyclic amines) is 1. The molecule has 1 heterocycles. The molecule has 0 aliphatic carbocycles. The van der Waals surface area contributed by atoms with E-state index in [1.807, 2.05) is 6.92 Å². The van der Waals surface area contributed by atoms with E-state index in [2.05, 4.69) is 0 Å². The van der Waals surface area contributed by atoms with Gasteiger partial charge < -0.3 is 19.5 Å². The summed E-state index contributed by atoms with van der Waals surface area (Å²) in [5.41, 5.74) is 0.841. The van der Waals surface area contributed by atoms with E-state index in [1.165, 1.54) is 25.2 Å². The Balaban J connectivity index is 2.29. The highest BCUT2D eigenvalue weighted by atomic mass is 35.5. The summed E-state index contributed by atoms with van der Waals surface area (Å²) in [6, 6.07) is 11.1. The summed E-state index contributed by atoms with van der Waals surface area (Å²) in [7, 11) is 2.97. The third kappa shape index (κ3) is 3.68. The van der Waals surface area contributed by atoms with Crippen LogP contribution >= 0.6 is 11.6 Å². The molecular weight excluding hydrogens is 394 g/mol. The standard InChI is InChI=1S/C22H22ClNO5/c1-4-11-24-19(14-7-5-6-8-16(14)28-2)18(21(26)22(24)27)20(25)15-12-13(23)9-10-17(15)29-3/h5-10,12,19,25H,4,11H2,1-3H3/b20-18+. The van der Waals surface area contributed by atoms with Crippen molar-refractivity contribution in [3.05, 3.63) is 64.2 Å². The number of methoxy groups -OCH3 is 2. The highest BCUT2D eigenvalue weighted by molar-refractivity contribution is 6.46. The average molecular weight is 416 g/mol. The van der Waals surface area contributed by atoms with Crippen LogP contribution in [0.2, 0.25) is 5.02 Å². The van der Waals surface area contributed by atoms with Gasteiger partial charge >= 0.3 is 0 Å². The van der Waals surface area contributed by atoms with Crippen molar-refractivity contribution in [1.82, 2.24) is 4.90 Å². The molecular formula is C22H22ClNO5. The Morgan fingerprint density at radius 1 is 1.10 bits per heavy atom. The molecule has 1 aliphatic rings. The predicted molar refractivity (Wildman–Crippen MR) is 110 cm³/mol. The number of benzene rings is 2. The maximum absolute atomic E-state index is 12.9. The lowest BCUT2D eigenvalue weighted by Gasteiger charge is -2.26. The number of carbonyl (C=O) groups is 2. The average Bonchev–Trinajstić information content (AvgIpc) is 2.98. The lowest BCUT2D eigenvalue weighted by Crippen LogP contribution is -2.30. The number of hydrogen-bond donors (Lipinski definition) is 1. The Kier molecular flexibility index (Phi) is 6.13. The first kappa shape index (κ1) is 20.7. The molecule has 1 fully saturated rings. The molecule has 1 aliphatic heterocycles. The lowest BCUT2D eigenvalue weighted by atomic mass is 9.94. The number of nitrogens with zero attached hydrogens (tertiary/aromatic N) is 1. The summed E-state index contributed by atoms with van der Waals surface area (Å²) >= 11 is 6.10. The zero-order chi connectivity index (χ0) is 21.1. The van der Waals surface area contributed by atoms with Crippen LogP contribution < -0.4 is 9.47 Å². The van der Waals surface area contributed by atoms with Gasteiger partial charge in [-0.1, -0.05) is 36.7 Å².